The van der Waals surface area contributed by atoms with E-state index in [2.05, 4.69) is 31.1 Å². The first kappa shape index (κ1) is 15.8. The summed E-state index contributed by atoms with van der Waals surface area (Å²) in [5.41, 5.74) is 1.87. The Kier molecular flexibility index (Phi) is 4.89. The topological polar surface area (TPSA) is 39.1 Å². The van der Waals surface area contributed by atoms with Gasteiger partial charge < -0.3 is 10.1 Å². The molecule has 0 fully saturated rings. The van der Waals surface area contributed by atoms with Crippen molar-refractivity contribution in [3.63, 3.8) is 0 Å². The SMILES string of the molecule is Cn1nccc1CNCc1ccc(OC(F)(F)F)c(Br)c1. The van der Waals surface area contributed by atoms with Crippen LogP contribution in [0.5, 0.6) is 5.75 Å². The fraction of sp³-hybridized carbons (Fsp3) is 0.308. The molecule has 21 heavy (non-hydrogen) atoms. The van der Waals surface area contributed by atoms with Gasteiger partial charge in [-0.05, 0) is 39.7 Å². The number of hydrogen-bond acceptors (Lipinski definition) is 3. The van der Waals surface area contributed by atoms with E-state index < -0.39 is 6.36 Å². The van der Waals surface area contributed by atoms with E-state index >= 15 is 0 Å². The zero-order valence-corrected chi connectivity index (χ0v) is 12.7. The van der Waals surface area contributed by atoms with Crippen LogP contribution in [-0.2, 0) is 20.1 Å². The predicted molar refractivity (Wildman–Crippen MR) is 74.6 cm³/mol. The smallest absolute Gasteiger partial charge is 0.405 e. The van der Waals surface area contributed by atoms with E-state index in [-0.39, 0.29) is 10.2 Å². The molecule has 2 aromatic rings. The molecule has 0 aliphatic heterocycles. The predicted octanol–water partition coefficient (Wildman–Crippen LogP) is 3.37. The van der Waals surface area contributed by atoms with Crippen LogP contribution in [0.15, 0.2) is 34.9 Å². The number of ether oxygens (including phenoxy) is 1. The third-order valence-electron chi connectivity index (χ3n) is 2.78. The lowest BCUT2D eigenvalue weighted by atomic mass is 10.2. The summed E-state index contributed by atoms with van der Waals surface area (Å²) in [5.74, 6) is -0.252. The second-order valence-electron chi connectivity index (χ2n) is 4.36. The molecule has 0 saturated carbocycles. The van der Waals surface area contributed by atoms with Crippen molar-refractivity contribution < 1.29 is 17.9 Å². The molecule has 4 nitrogen and oxygen atoms in total. The molecule has 0 atom stereocenters. The summed E-state index contributed by atoms with van der Waals surface area (Å²) in [7, 11) is 1.84. The zero-order chi connectivity index (χ0) is 15.5. The Labute approximate surface area is 128 Å². The van der Waals surface area contributed by atoms with Gasteiger partial charge in [-0.3, -0.25) is 4.68 Å². The second-order valence-corrected chi connectivity index (χ2v) is 5.22. The Morgan fingerprint density at radius 1 is 1.29 bits per heavy atom. The van der Waals surface area contributed by atoms with Crippen molar-refractivity contribution in [2.24, 2.45) is 7.05 Å². The zero-order valence-electron chi connectivity index (χ0n) is 11.1. The van der Waals surface area contributed by atoms with Crippen LogP contribution in [0.25, 0.3) is 0 Å². The number of rotatable bonds is 5. The number of hydrogen-bond donors (Lipinski definition) is 1. The van der Waals surface area contributed by atoms with Gasteiger partial charge in [-0.1, -0.05) is 6.07 Å². The van der Waals surface area contributed by atoms with E-state index in [1.54, 1.807) is 23.0 Å². The Morgan fingerprint density at radius 2 is 2.05 bits per heavy atom. The molecule has 0 aliphatic carbocycles. The van der Waals surface area contributed by atoms with Gasteiger partial charge in [0.05, 0.1) is 10.2 Å². The maximum Gasteiger partial charge on any atom is 0.573 e. The molecule has 2 rings (SSSR count). The van der Waals surface area contributed by atoms with Crippen molar-refractivity contribution >= 4 is 15.9 Å². The number of aryl methyl sites for hydroxylation is 1. The normalized spacial score (nSPS) is 11.7. The highest BCUT2D eigenvalue weighted by atomic mass is 79.9. The summed E-state index contributed by atoms with van der Waals surface area (Å²) in [6.45, 7) is 1.14. The van der Waals surface area contributed by atoms with Crippen molar-refractivity contribution in [2.75, 3.05) is 0 Å². The van der Waals surface area contributed by atoms with Crippen molar-refractivity contribution in [1.29, 1.82) is 0 Å². The third kappa shape index (κ3) is 4.75. The van der Waals surface area contributed by atoms with E-state index in [1.807, 2.05) is 13.1 Å². The second kappa shape index (κ2) is 6.48. The Balaban J connectivity index is 1.93. The van der Waals surface area contributed by atoms with E-state index in [0.29, 0.717) is 13.1 Å². The van der Waals surface area contributed by atoms with Gasteiger partial charge in [0.1, 0.15) is 5.75 Å². The van der Waals surface area contributed by atoms with Crippen LogP contribution in [0.3, 0.4) is 0 Å². The number of aromatic nitrogens is 2. The van der Waals surface area contributed by atoms with Crippen LogP contribution < -0.4 is 10.1 Å². The lowest BCUT2D eigenvalue weighted by molar-refractivity contribution is -0.274. The number of nitrogens with one attached hydrogen (secondary N) is 1. The monoisotopic (exact) mass is 363 g/mol. The van der Waals surface area contributed by atoms with E-state index in [4.69, 9.17) is 0 Å². The van der Waals surface area contributed by atoms with Crippen LogP contribution in [0.2, 0.25) is 0 Å². The van der Waals surface area contributed by atoms with Gasteiger partial charge in [-0.15, -0.1) is 13.2 Å². The van der Waals surface area contributed by atoms with Gasteiger partial charge in [-0.25, -0.2) is 0 Å². The van der Waals surface area contributed by atoms with Gasteiger partial charge in [0.15, 0.2) is 0 Å². The Bertz CT molecular complexity index is 613. The molecule has 0 amide bonds. The largest absolute Gasteiger partial charge is 0.573 e. The van der Waals surface area contributed by atoms with E-state index in [0.717, 1.165) is 11.3 Å². The number of nitrogens with zero attached hydrogens (tertiary/aromatic N) is 2. The third-order valence-corrected chi connectivity index (χ3v) is 3.40. The molecule has 1 heterocycles. The number of halogens is 4. The maximum atomic E-state index is 12.2. The minimum atomic E-state index is -4.69. The average Bonchev–Trinajstić information content (AvgIpc) is 2.77. The lowest BCUT2D eigenvalue weighted by Gasteiger charge is -2.12. The summed E-state index contributed by atoms with van der Waals surface area (Å²) in [4.78, 5) is 0. The average molecular weight is 364 g/mol. The number of benzene rings is 1. The minimum Gasteiger partial charge on any atom is -0.405 e. The highest BCUT2D eigenvalue weighted by Gasteiger charge is 2.31. The molecule has 1 N–H and O–H groups in total. The Hall–Kier alpha value is -1.54. The van der Waals surface area contributed by atoms with Crippen LogP contribution in [-0.4, -0.2) is 16.1 Å². The van der Waals surface area contributed by atoms with Crippen LogP contribution >= 0.6 is 15.9 Å². The molecule has 0 saturated heterocycles. The van der Waals surface area contributed by atoms with Gasteiger partial charge in [0.2, 0.25) is 0 Å². The highest BCUT2D eigenvalue weighted by Crippen LogP contribution is 2.31. The highest BCUT2D eigenvalue weighted by molar-refractivity contribution is 9.10. The molecule has 0 radical (unpaired) electrons. The van der Waals surface area contributed by atoms with Gasteiger partial charge in [0, 0.05) is 26.3 Å². The summed E-state index contributed by atoms with van der Waals surface area (Å²) < 4.78 is 42.4. The summed E-state index contributed by atoms with van der Waals surface area (Å²) in [6, 6.07) is 6.36. The Morgan fingerprint density at radius 3 is 2.62 bits per heavy atom. The van der Waals surface area contributed by atoms with Crippen molar-refractivity contribution in [2.45, 2.75) is 19.5 Å². The molecule has 114 valence electrons. The molecule has 0 spiro atoms. The van der Waals surface area contributed by atoms with Gasteiger partial charge in [0.25, 0.3) is 0 Å². The quantitative estimate of drug-likeness (QED) is 0.884. The first-order chi connectivity index (χ1) is 9.85. The van der Waals surface area contributed by atoms with Crippen molar-refractivity contribution in [1.82, 2.24) is 15.1 Å². The van der Waals surface area contributed by atoms with Crippen LogP contribution in [0.1, 0.15) is 11.3 Å². The fourth-order valence-electron chi connectivity index (χ4n) is 1.77. The first-order valence-corrected chi connectivity index (χ1v) is 6.86. The first-order valence-electron chi connectivity index (χ1n) is 6.07. The lowest BCUT2D eigenvalue weighted by Crippen LogP contribution is -2.18. The van der Waals surface area contributed by atoms with Gasteiger partial charge in [-0.2, -0.15) is 5.10 Å². The fourth-order valence-corrected chi connectivity index (χ4v) is 2.28. The maximum absolute atomic E-state index is 12.2. The molecular formula is C13H13BrF3N3O. The molecule has 1 aromatic heterocycles. The molecule has 0 unspecified atom stereocenters. The molecule has 0 aliphatic rings. The summed E-state index contributed by atoms with van der Waals surface area (Å²) >= 11 is 3.08. The summed E-state index contributed by atoms with van der Waals surface area (Å²) in [5, 5.41) is 7.24. The minimum absolute atomic E-state index is 0.252. The van der Waals surface area contributed by atoms with Crippen LogP contribution in [0.4, 0.5) is 13.2 Å². The van der Waals surface area contributed by atoms with E-state index in [9.17, 15) is 13.2 Å². The van der Waals surface area contributed by atoms with Crippen molar-refractivity contribution in [3.05, 3.63) is 46.2 Å². The molecular weight excluding hydrogens is 351 g/mol. The molecule has 0 bridgehead atoms. The van der Waals surface area contributed by atoms with Crippen molar-refractivity contribution in [3.8, 4) is 5.75 Å². The van der Waals surface area contributed by atoms with Crippen LogP contribution in [0, 0.1) is 0 Å². The molecule has 8 heteroatoms. The molecule has 1 aromatic carbocycles. The number of alkyl halides is 3. The van der Waals surface area contributed by atoms with Gasteiger partial charge >= 0.3 is 6.36 Å². The van der Waals surface area contributed by atoms with E-state index in [1.165, 1.54) is 6.07 Å². The summed E-state index contributed by atoms with van der Waals surface area (Å²) in [6.07, 6.45) is -2.99. The standard InChI is InChI=1S/C13H13BrF3N3O/c1-20-10(4-5-19-20)8-18-7-9-2-3-12(11(14)6-9)21-13(15,16)17/h2-6,18H,7-8H2,1H3.